The smallest absolute Gasteiger partial charge is 0.103 e. The summed E-state index contributed by atoms with van der Waals surface area (Å²) < 4.78 is 2.16. The Bertz CT molecular complexity index is 1270. The van der Waals surface area contributed by atoms with Crippen molar-refractivity contribution in [2.24, 2.45) is 0 Å². The summed E-state index contributed by atoms with van der Waals surface area (Å²) in [6.07, 6.45) is 6.85. The summed E-state index contributed by atoms with van der Waals surface area (Å²) in [7, 11) is 5.34. The normalized spacial score (nSPS) is 10.3. The van der Waals surface area contributed by atoms with Crippen LogP contribution in [0.5, 0.6) is 0 Å². The molecule has 4 heteroatoms. The monoisotopic (exact) mass is 480 g/mol. The summed E-state index contributed by atoms with van der Waals surface area (Å²) in [5, 5.41) is 0. The summed E-state index contributed by atoms with van der Waals surface area (Å²) >= 11 is 0. The van der Waals surface area contributed by atoms with Crippen molar-refractivity contribution >= 4 is 28.5 Å². The van der Waals surface area contributed by atoms with Crippen molar-refractivity contribution in [3.63, 3.8) is 0 Å². The second-order valence-electron chi connectivity index (χ2n) is 8.25. The van der Waals surface area contributed by atoms with Gasteiger partial charge in [0.25, 0.3) is 0 Å². The number of aromatic nitrogens is 2. The molecule has 0 fully saturated rings. The van der Waals surface area contributed by atoms with Gasteiger partial charge in [0.1, 0.15) is 7.85 Å². The maximum Gasteiger partial charge on any atom is 0.103 e. The van der Waals surface area contributed by atoms with Crippen molar-refractivity contribution in [2.75, 3.05) is 0 Å². The zero-order chi connectivity index (χ0) is 24.8. The average Bonchev–Trinajstić information content (AvgIpc) is 3.48. The van der Waals surface area contributed by atoms with E-state index in [1.54, 1.807) is 5.98 Å². The third-order valence-corrected chi connectivity index (χ3v) is 7.27. The van der Waals surface area contributed by atoms with E-state index in [1.807, 2.05) is 55.1 Å². The number of benzene rings is 4. The summed E-state index contributed by atoms with van der Waals surface area (Å²) in [6, 6.07) is 41.6. The molecule has 2 radical (unpaired) electrons. The van der Waals surface area contributed by atoms with Gasteiger partial charge in [-0.1, -0.05) is 127 Å². The SMILES string of the molecule is C([SiH2]Cn1ccnc1)=C(c1ccccc1)c1ccccc1.[B]C=C(c1ccccc1)c1ccccc1. The molecule has 174 valence electrons. The molecule has 1 aromatic heterocycles. The predicted octanol–water partition coefficient (Wildman–Crippen LogP) is 6.34. The topological polar surface area (TPSA) is 17.8 Å². The Balaban J connectivity index is 0.000000179. The molecule has 0 bridgehead atoms. The number of hydrogen-bond acceptors (Lipinski definition) is 1. The molecule has 0 saturated heterocycles. The Hall–Kier alpha value is -4.15. The van der Waals surface area contributed by atoms with Crippen LogP contribution >= 0.6 is 0 Å². The van der Waals surface area contributed by atoms with Gasteiger partial charge in [0.15, 0.2) is 0 Å². The van der Waals surface area contributed by atoms with Crippen LogP contribution in [0.15, 0.2) is 152 Å². The first-order valence-corrected chi connectivity index (χ1v) is 14.0. The van der Waals surface area contributed by atoms with Gasteiger partial charge in [-0.2, -0.15) is 0 Å². The second kappa shape index (κ2) is 13.7. The minimum Gasteiger partial charge on any atom is -0.341 e. The van der Waals surface area contributed by atoms with Gasteiger partial charge in [0.05, 0.1) is 15.8 Å². The largest absolute Gasteiger partial charge is 0.341 e. The van der Waals surface area contributed by atoms with Crippen LogP contribution in [0.2, 0.25) is 0 Å². The molecule has 0 N–H and O–H groups in total. The lowest BCUT2D eigenvalue weighted by Crippen LogP contribution is -2.02. The van der Waals surface area contributed by atoms with Crippen LogP contribution in [0.25, 0.3) is 11.1 Å². The molecule has 5 aromatic rings. The van der Waals surface area contributed by atoms with E-state index in [0.717, 1.165) is 22.9 Å². The van der Waals surface area contributed by atoms with Crippen LogP contribution in [-0.4, -0.2) is 26.9 Å². The Kier molecular flexibility index (Phi) is 9.48. The molecule has 4 aromatic carbocycles. The predicted molar refractivity (Wildman–Crippen MR) is 156 cm³/mol. The van der Waals surface area contributed by atoms with Gasteiger partial charge in [0.2, 0.25) is 0 Å². The zero-order valence-corrected chi connectivity index (χ0v) is 21.7. The van der Waals surface area contributed by atoms with Crippen LogP contribution in [0, 0.1) is 0 Å². The summed E-state index contributed by atoms with van der Waals surface area (Å²) in [4.78, 5) is 4.10. The van der Waals surface area contributed by atoms with Crippen LogP contribution in [0.3, 0.4) is 0 Å². The zero-order valence-electron chi connectivity index (χ0n) is 20.3. The highest BCUT2D eigenvalue weighted by atomic mass is 28.2. The van der Waals surface area contributed by atoms with Crippen LogP contribution in [0.1, 0.15) is 22.3 Å². The fourth-order valence-corrected chi connectivity index (χ4v) is 5.46. The van der Waals surface area contributed by atoms with E-state index >= 15 is 0 Å². The van der Waals surface area contributed by atoms with Gasteiger partial charge >= 0.3 is 0 Å². The third kappa shape index (κ3) is 7.17. The maximum atomic E-state index is 5.67. The molecule has 0 saturated carbocycles. The molecule has 1 heterocycles. The first-order valence-electron chi connectivity index (χ1n) is 12.1. The molecule has 36 heavy (non-hydrogen) atoms. The van der Waals surface area contributed by atoms with Crippen LogP contribution in [0.4, 0.5) is 0 Å². The quantitative estimate of drug-likeness (QED) is 0.249. The summed E-state index contributed by atoms with van der Waals surface area (Å²) in [5.41, 5.74) is 9.74. The van der Waals surface area contributed by atoms with Gasteiger partial charge in [-0.15, -0.1) is 5.98 Å². The number of hydrogen-bond donors (Lipinski definition) is 0. The highest BCUT2D eigenvalue weighted by molar-refractivity contribution is 6.42. The van der Waals surface area contributed by atoms with E-state index in [2.05, 4.69) is 100 Å². The second-order valence-corrected chi connectivity index (χ2v) is 9.68. The fourth-order valence-electron chi connectivity index (χ4n) is 4.01. The molecule has 0 spiro atoms. The van der Waals surface area contributed by atoms with Crippen molar-refractivity contribution in [3.8, 4) is 0 Å². The number of nitrogens with zero attached hydrogens (tertiary/aromatic N) is 2. The van der Waals surface area contributed by atoms with Gasteiger partial charge < -0.3 is 4.57 Å². The van der Waals surface area contributed by atoms with Crippen LogP contribution < -0.4 is 0 Å². The van der Waals surface area contributed by atoms with E-state index in [1.165, 1.54) is 16.7 Å². The van der Waals surface area contributed by atoms with Crippen molar-refractivity contribution in [2.45, 2.75) is 6.17 Å². The van der Waals surface area contributed by atoms with Crippen molar-refractivity contribution in [1.82, 2.24) is 9.55 Å². The molecule has 0 aliphatic heterocycles. The van der Waals surface area contributed by atoms with Crippen LogP contribution in [-0.2, 0) is 6.17 Å². The minimum atomic E-state index is -0.332. The molecule has 0 aliphatic carbocycles. The Morgan fingerprint density at radius 2 is 1.06 bits per heavy atom. The van der Waals surface area contributed by atoms with E-state index < -0.39 is 0 Å². The highest BCUT2D eigenvalue weighted by Crippen LogP contribution is 2.23. The van der Waals surface area contributed by atoms with Gasteiger partial charge in [-0.05, 0) is 33.4 Å². The number of imidazole rings is 1. The maximum absolute atomic E-state index is 5.67. The molecular formula is C32H29BN2Si. The molecule has 0 atom stereocenters. The molecule has 2 nitrogen and oxygen atoms in total. The molecule has 0 aliphatic rings. The van der Waals surface area contributed by atoms with Gasteiger partial charge in [0, 0.05) is 18.6 Å². The van der Waals surface area contributed by atoms with E-state index in [9.17, 15) is 0 Å². The molecule has 0 unspecified atom stereocenters. The molecular weight excluding hydrogens is 451 g/mol. The lowest BCUT2D eigenvalue weighted by Gasteiger charge is -2.09. The third-order valence-electron chi connectivity index (χ3n) is 5.80. The lowest BCUT2D eigenvalue weighted by atomic mass is 9.92. The highest BCUT2D eigenvalue weighted by Gasteiger charge is 2.04. The molecule has 0 amide bonds. The Morgan fingerprint density at radius 3 is 1.42 bits per heavy atom. The van der Waals surface area contributed by atoms with Crippen molar-refractivity contribution < 1.29 is 0 Å². The van der Waals surface area contributed by atoms with Gasteiger partial charge in [-0.3, -0.25) is 0 Å². The lowest BCUT2D eigenvalue weighted by molar-refractivity contribution is 0.874. The Morgan fingerprint density at radius 1 is 0.639 bits per heavy atom. The average molecular weight is 480 g/mol. The number of rotatable bonds is 7. The van der Waals surface area contributed by atoms with Crippen molar-refractivity contribution in [3.05, 3.63) is 174 Å². The van der Waals surface area contributed by atoms with Gasteiger partial charge in [-0.25, -0.2) is 4.98 Å². The summed E-state index contributed by atoms with van der Waals surface area (Å²) in [5.74, 6) is 1.66. The summed E-state index contributed by atoms with van der Waals surface area (Å²) in [6.45, 7) is 0. The minimum absolute atomic E-state index is 0.332. The standard InChI is InChI=1S/C18H18N2Si.C14H11B/c1-3-7-16(8-4-1)18(17-9-5-2-6-10-17)13-21-15-20-12-11-19-14-20;15-11-14(12-7-3-1-4-8-12)13-9-5-2-6-10-13/h1-14H,15,21H2;1-11H. The molecule has 5 rings (SSSR count). The van der Waals surface area contributed by atoms with E-state index in [-0.39, 0.29) is 9.52 Å². The first-order chi connectivity index (χ1) is 17.8. The first kappa shape index (κ1) is 25.0. The Labute approximate surface area is 217 Å². The van der Waals surface area contributed by atoms with E-state index in [0.29, 0.717) is 0 Å². The van der Waals surface area contributed by atoms with E-state index in [4.69, 9.17) is 7.85 Å². The fraction of sp³-hybridized carbons (Fsp3) is 0.0312. The van der Waals surface area contributed by atoms with Crippen molar-refractivity contribution in [1.29, 1.82) is 0 Å².